The quantitative estimate of drug-likeness (QED) is 0.759. The number of aryl methyl sites for hydroxylation is 2. The van der Waals surface area contributed by atoms with Gasteiger partial charge in [0.15, 0.2) is 0 Å². The van der Waals surface area contributed by atoms with Crippen LogP contribution in [0.2, 0.25) is 0 Å². The maximum Gasteiger partial charge on any atom is 0.305 e. The molecule has 4 nitrogen and oxygen atoms in total. The smallest absolute Gasteiger partial charge is 0.305 e. The lowest BCUT2D eigenvalue weighted by Gasteiger charge is -2.14. The topological polar surface area (TPSA) is 58.6 Å². The van der Waals surface area contributed by atoms with E-state index in [-0.39, 0.29) is 12.4 Å². The fourth-order valence-corrected chi connectivity index (χ4v) is 1.64. The lowest BCUT2D eigenvalue weighted by Crippen LogP contribution is -2.21. The number of nitrogens with one attached hydrogen (secondary N) is 1. The normalized spacial score (nSPS) is 12.0. The van der Waals surface area contributed by atoms with Crippen LogP contribution in [0.25, 0.3) is 0 Å². The summed E-state index contributed by atoms with van der Waals surface area (Å²) in [5.41, 5.74) is 3.33. The summed E-state index contributed by atoms with van der Waals surface area (Å²) in [5.74, 6) is -0.291. The minimum atomic E-state index is -0.552. The molecule has 1 aromatic rings. The Balaban J connectivity index is 2.40. The Hall–Kier alpha value is -1.55. The first-order valence-corrected chi connectivity index (χ1v) is 6.09. The third kappa shape index (κ3) is 4.75. The van der Waals surface area contributed by atoms with E-state index in [0.717, 1.165) is 11.3 Å². The highest BCUT2D eigenvalue weighted by Gasteiger charge is 2.08. The summed E-state index contributed by atoms with van der Waals surface area (Å²) in [7, 11) is 1.35. The Labute approximate surface area is 108 Å². The molecule has 0 spiro atoms. The molecule has 0 aliphatic rings. The second-order valence-electron chi connectivity index (χ2n) is 4.47. The molecule has 0 bridgehead atoms. The molecule has 0 amide bonds. The molecule has 0 saturated heterocycles. The van der Waals surface area contributed by atoms with Gasteiger partial charge in [-0.05, 0) is 37.5 Å². The van der Waals surface area contributed by atoms with Crippen molar-refractivity contribution < 1.29 is 14.6 Å². The van der Waals surface area contributed by atoms with Crippen molar-refractivity contribution >= 4 is 11.7 Å². The van der Waals surface area contributed by atoms with Crippen molar-refractivity contribution in [3.8, 4) is 0 Å². The number of rotatable bonds is 6. The Morgan fingerprint density at radius 1 is 1.44 bits per heavy atom. The van der Waals surface area contributed by atoms with E-state index in [9.17, 15) is 9.90 Å². The van der Waals surface area contributed by atoms with Crippen LogP contribution < -0.4 is 5.32 Å². The van der Waals surface area contributed by atoms with Gasteiger partial charge in [0.25, 0.3) is 0 Å². The van der Waals surface area contributed by atoms with E-state index in [1.165, 1.54) is 12.7 Å². The first kappa shape index (κ1) is 14.5. The molecule has 0 heterocycles. The molecule has 2 N–H and O–H groups in total. The fourth-order valence-electron chi connectivity index (χ4n) is 1.64. The number of aliphatic hydroxyl groups is 1. The van der Waals surface area contributed by atoms with Crippen molar-refractivity contribution in [3.05, 3.63) is 29.3 Å². The van der Waals surface area contributed by atoms with Crippen molar-refractivity contribution in [1.29, 1.82) is 0 Å². The lowest BCUT2D eigenvalue weighted by atomic mass is 10.1. The molecule has 0 fully saturated rings. The molecule has 1 aromatic carbocycles. The van der Waals surface area contributed by atoms with E-state index in [0.29, 0.717) is 13.0 Å². The Morgan fingerprint density at radius 3 is 2.83 bits per heavy atom. The fraction of sp³-hybridized carbons (Fsp3) is 0.500. The molecule has 100 valence electrons. The minimum Gasteiger partial charge on any atom is -0.469 e. The zero-order valence-corrected chi connectivity index (χ0v) is 11.2. The number of hydrogen-bond donors (Lipinski definition) is 2. The molecule has 1 unspecified atom stereocenters. The number of ether oxygens (including phenoxy) is 1. The van der Waals surface area contributed by atoms with E-state index in [2.05, 4.69) is 10.1 Å². The van der Waals surface area contributed by atoms with Crippen molar-refractivity contribution in [2.45, 2.75) is 32.8 Å². The Morgan fingerprint density at radius 2 is 2.17 bits per heavy atom. The van der Waals surface area contributed by atoms with Crippen LogP contribution in [0.15, 0.2) is 18.2 Å². The van der Waals surface area contributed by atoms with Crippen molar-refractivity contribution in [1.82, 2.24) is 0 Å². The van der Waals surface area contributed by atoms with Crippen LogP contribution in [0.3, 0.4) is 0 Å². The molecule has 0 aliphatic carbocycles. The summed E-state index contributed by atoms with van der Waals surface area (Å²) in [6.45, 7) is 4.47. The van der Waals surface area contributed by atoms with Crippen LogP contribution in [-0.2, 0) is 9.53 Å². The van der Waals surface area contributed by atoms with E-state index in [4.69, 9.17) is 0 Å². The number of carbonyl (C=O) groups excluding carboxylic acids is 1. The number of aliphatic hydroxyl groups excluding tert-OH is 1. The van der Waals surface area contributed by atoms with Gasteiger partial charge in [-0.15, -0.1) is 0 Å². The van der Waals surface area contributed by atoms with Gasteiger partial charge in [0, 0.05) is 18.7 Å². The van der Waals surface area contributed by atoms with Gasteiger partial charge in [-0.1, -0.05) is 12.1 Å². The van der Waals surface area contributed by atoms with Crippen molar-refractivity contribution in [3.63, 3.8) is 0 Å². The zero-order valence-electron chi connectivity index (χ0n) is 11.2. The van der Waals surface area contributed by atoms with Gasteiger partial charge in [-0.3, -0.25) is 4.79 Å². The van der Waals surface area contributed by atoms with Gasteiger partial charge in [0.1, 0.15) is 0 Å². The summed E-state index contributed by atoms with van der Waals surface area (Å²) >= 11 is 0. The monoisotopic (exact) mass is 251 g/mol. The third-order valence-electron chi connectivity index (χ3n) is 2.83. The van der Waals surface area contributed by atoms with E-state index in [1.807, 2.05) is 32.0 Å². The first-order chi connectivity index (χ1) is 8.52. The highest BCUT2D eigenvalue weighted by atomic mass is 16.5. The third-order valence-corrected chi connectivity index (χ3v) is 2.83. The van der Waals surface area contributed by atoms with Gasteiger partial charge in [0.05, 0.1) is 13.2 Å². The summed E-state index contributed by atoms with van der Waals surface area (Å²) in [6.07, 6.45) is 0.0976. The van der Waals surface area contributed by atoms with Crippen LogP contribution >= 0.6 is 0 Å². The molecule has 0 saturated carbocycles. The number of carbonyl (C=O) groups is 1. The second-order valence-corrected chi connectivity index (χ2v) is 4.47. The highest BCUT2D eigenvalue weighted by Crippen LogP contribution is 2.16. The van der Waals surface area contributed by atoms with Gasteiger partial charge in [-0.25, -0.2) is 0 Å². The summed E-state index contributed by atoms with van der Waals surface area (Å²) < 4.78 is 4.53. The largest absolute Gasteiger partial charge is 0.469 e. The lowest BCUT2D eigenvalue weighted by molar-refractivity contribution is -0.141. The number of benzene rings is 1. The molecular weight excluding hydrogens is 230 g/mol. The molecule has 0 aromatic heterocycles. The zero-order chi connectivity index (χ0) is 13.5. The molecule has 4 heteroatoms. The standard InChI is InChI=1S/C14H21NO3/c1-10-4-5-11(2)13(8-10)15-9-12(16)6-7-14(17)18-3/h4-5,8,12,15-16H,6-7,9H2,1-3H3. The van der Waals surface area contributed by atoms with Crippen LogP contribution in [0.5, 0.6) is 0 Å². The van der Waals surface area contributed by atoms with Crippen molar-refractivity contribution in [2.24, 2.45) is 0 Å². The Bertz CT molecular complexity index is 404. The SMILES string of the molecule is COC(=O)CCC(O)CNc1cc(C)ccc1C. The van der Waals surface area contributed by atoms with Crippen LogP contribution in [-0.4, -0.2) is 30.8 Å². The Kier molecular flexibility index (Phi) is 5.65. The number of hydrogen-bond acceptors (Lipinski definition) is 4. The predicted molar refractivity (Wildman–Crippen MR) is 71.7 cm³/mol. The number of methoxy groups -OCH3 is 1. The maximum atomic E-state index is 10.9. The average Bonchev–Trinajstić information content (AvgIpc) is 2.36. The van der Waals surface area contributed by atoms with Gasteiger partial charge in [0.2, 0.25) is 0 Å². The second kappa shape index (κ2) is 7.01. The number of esters is 1. The first-order valence-electron chi connectivity index (χ1n) is 6.09. The van der Waals surface area contributed by atoms with Gasteiger partial charge in [-0.2, -0.15) is 0 Å². The molecule has 18 heavy (non-hydrogen) atoms. The van der Waals surface area contributed by atoms with Crippen LogP contribution in [0.4, 0.5) is 5.69 Å². The predicted octanol–water partition coefficient (Wildman–Crippen LogP) is 2.03. The molecular formula is C14H21NO3. The van der Waals surface area contributed by atoms with Crippen LogP contribution in [0, 0.1) is 13.8 Å². The van der Waals surface area contributed by atoms with E-state index < -0.39 is 6.10 Å². The summed E-state index contributed by atoms with van der Waals surface area (Å²) in [6, 6.07) is 6.13. The minimum absolute atomic E-state index is 0.242. The van der Waals surface area contributed by atoms with E-state index in [1.54, 1.807) is 0 Å². The highest BCUT2D eigenvalue weighted by molar-refractivity contribution is 5.69. The maximum absolute atomic E-state index is 10.9. The van der Waals surface area contributed by atoms with Crippen molar-refractivity contribution in [2.75, 3.05) is 19.0 Å². The number of anilines is 1. The molecule has 0 radical (unpaired) electrons. The van der Waals surface area contributed by atoms with E-state index >= 15 is 0 Å². The average molecular weight is 251 g/mol. The van der Waals surface area contributed by atoms with Crippen LogP contribution in [0.1, 0.15) is 24.0 Å². The summed E-state index contributed by atoms with van der Waals surface area (Å²) in [4.78, 5) is 10.9. The van der Waals surface area contributed by atoms with Gasteiger partial charge < -0.3 is 15.2 Å². The molecule has 0 aliphatic heterocycles. The molecule has 1 rings (SSSR count). The summed E-state index contributed by atoms with van der Waals surface area (Å²) in [5, 5.41) is 12.9. The van der Waals surface area contributed by atoms with Gasteiger partial charge >= 0.3 is 5.97 Å². The molecule has 1 atom stereocenters.